The second-order valence-electron chi connectivity index (χ2n) is 5.06. The highest BCUT2D eigenvalue weighted by Gasteiger charge is 2.13. The van der Waals surface area contributed by atoms with Gasteiger partial charge in [0.25, 0.3) is 0 Å². The van der Waals surface area contributed by atoms with Crippen LogP contribution in [0.4, 0.5) is 0 Å². The Morgan fingerprint density at radius 1 is 1.10 bits per heavy atom. The number of esters is 2. The smallest absolute Gasteiger partial charge is 0.335 e. The Labute approximate surface area is 118 Å². The lowest BCUT2D eigenvalue weighted by atomic mass is 10.2. The molecule has 1 aromatic rings. The maximum Gasteiger partial charge on any atom is 0.335 e. The van der Waals surface area contributed by atoms with Gasteiger partial charge >= 0.3 is 11.9 Å². The molecule has 20 heavy (non-hydrogen) atoms. The number of carbonyl (C=O) groups excluding carboxylic acids is 2. The number of rotatable bonds is 4. The van der Waals surface area contributed by atoms with Crippen molar-refractivity contribution >= 4 is 18.0 Å². The van der Waals surface area contributed by atoms with Gasteiger partial charge in [-0.2, -0.15) is 0 Å². The van der Waals surface area contributed by atoms with Gasteiger partial charge in [0, 0.05) is 12.2 Å². The van der Waals surface area contributed by atoms with Crippen LogP contribution in [0.5, 0.6) is 5.75 Å². The zero-order chi connectivity index (χ0) is 15.2. The van der Waals surface area contributed by atoms with E-state index in [1.807, 2.05) is 20.8 Å². The van der Waals surface area contributed by atoms with Crippen LogP contribution in [0.15, 0.2) is 43.0 Å². The molecule has 0 heterocycles. The summed E-state index contributed by atoms with van der Waals surface area (Å²) in [4.78, 5) is 22.5. The molecule has 4 nitrogen and oxygen atoms in total. The van der Waals surface area contributed by atoms with E-state index >= 15 is 0 Å². The highest BCUT2D eigenvalue weighted by Crippen LogP contribution is 2.14. The van der Waals surface area contributed by atoms with E-state index in [-0.39, 0.29) is 0 Å². The summed E-state index contributed by atoms with van der Waals surface area (Å²) >= 11 is 0. The first kappa shape index (κ1) is 15.7. The van der Waals surface area contributed by atoms with Gasteiger partial charge < -0.3 is 9.47 Å². The monoisotopic (exact) mass is 274 g/mol. The van der Waals surface area contributed by atoms with Crippen LogP contribution in [0.1, 0.15) is 26.3 Å². The minimum atomic E-state index is -0.512. The van der Waals surface area contributed by atoms with Crippen LogP contribution in [-0.4, -0.2) is 17.5 Å². The molecule has 0 aliphatic carbocycles. The van der Waals surface area contributed by atoms with E-state index in [9.17, 15) is 9.59 Å². The Balaban J connectivity index is 2.63. The van der Waals surface area contributed by atoms with E-state index in [4.69, 9.17) is 9.47 Å². The van der Waals surface area contributed by atoms with Crippen molar-refractivity contribution in [1.82, 2.24) is 0 Å². The summed E-state index contributed by atoms with van der Waals surface area (Å²) in [7, 11) is 0. The molecule has 0 bridgehead atoms. The van der Waals surface area contributed by atoms with Gasteiger partial charge in [-0.25, -0.2) is 9.59 Å². The van der Waals surface area contributed by atoms with E-state index in [1.54, 1.807) is 30.3 Å². The molecule has 1 aromatic carbocycles. The summed E-state index contributed by atoms with van der Waals surface area (Å²) in [6.07, 6.45) is 4.08. The second kappa shape index (κ2) is 6.70. The fourth-order valence-electron chi connectivity index (χ4n) is 1.30. The Bertz CT molecular complexity index is 518. The zero-order valence-electron chi connectivity index (χ0n) is 11.9. The van der Waals surface area contributed by atoms with Gasteiger partial charge in [-0.05, 0) is 44.5 Å². The maximum atomic E-state index is 11.5. The van der Waals surface area contributed by atoms with E-state index in [1.165, 1.54) is 6.08 Å². The van der Waals surface area contributed by atoms with Crippen LogP contribution in [0.2, 0.25) is 0 Å². The van der Waals surface area contributed by atoms with Crippen LogP contribution in [0, 0.1) is 0 Å². The maximum absolute atomic E-state index is 11.5. The fourth-order valence-corrected chi connectivity index (χ4v) is 1.30. The van der Waals surface area contributed by atoms with Crippen LogP contribution >= 0.6 is 0 Å². The highest BCUT2D eigenvalue weighted by atomic mass is 16.6. The third kappa shape index (κ3) is 6.00. The lowest BCUT2D eigenvalue weighted by Crippen LogP contribution is -2.22. The van der Waals surface area contributed by atoms with Gasteiger partial charge in [-0.1, -0.05) is 18.7 Å². The second-order valence-corrected chi connectivity index (χ2v) is 5.06. The lowest BCUT2D eigenvalue weighted by molar-refractivity contribution is -0.148. The molecule has 0 unspecified atom stereocenters. The van der Waals surface area contributed by atoms with Gasteiger partial charge in [-0.15, -0.1) is 0 Å². The summed E-state index contributed by atoms with van der Waals surface area (Å²) in [6, 6.07) is 6.73. The van der Waals surface area contributed by atoms with E-state index in [0.717, 1.165) is 11.6 Å². The minimum absolute atomic E-state index is 0.403. The molecule has 0 aliphatic heterocycles. The molecule has 0 fully saturated rings. The van der Waals surface area contributed by atoms with Gasteiger partial charge in [0.05, 0.1) is 0 Å². The molecule has 0 amide bonds. The van der Waals surface area contributed by atoms with Crippen molar-refractivity contribution in [2.75, 3.05) is 0 Å². The molecule has 0 N–H and O–H groups in total. The van der Waals surface area contributed by atoms with Crippen molar-refractivity contribution in [3.8, 4) is 5.75 Å². The van der Waals surface area contributed by atoms with Gasteiger partial charge in [-0.3, -0.25) is 0 Å². The summed E-state index contributed by atoms with van der Waals surface area (Å²) < 4.78 is 10.1. The SMILES string of the molecule is C=CC(=O)Oc1ccc(C=CC(=O)OC(C)(C)C)cc1. The topological polar surface area (TPSA) is 52.6 Å². The number of ether oxygens (including phenoxy) is 2. The number of hydrogen-bond acceptors (Lipinski definition) is 4. The van der Waals surface area contributed by atoms with Crippen molar-refractivity contribution in [2.24, 2.45) is 0 Å². The van der Waals surface area contributed by atoms with Gasteiger partial charge in [0.1, 0.15) is 11.4 Å². The van der Waals surface area contributed by atoms with Gasteiger partial charge in [0.15, 0.2) is 0 Å². The third-order valence-corrected chi connectivity index (χ3v) is 2.08. The Hall–Kier alpha value is -2.36. The van der Waals surface area contributed by atoms with Crippen LogP contribution in [0.25, 0.3) is 6.08 Å². The first-order valence-electron chi connectivity index (χ1n) is 6.15. The molecule has 1 rings (SSSR count). The van der Waals surface area contributed by atoms with Crippen molar-refractivity contribution in [3.05, 3.63) is 48.6 Å². The molecule has 0 saturated heterocycles. The standard InChI is InChI=1S/C16H18O4/c1-5-14(17)19-13-9-6-12(7-10-13)8-11-15(18)20-16(2,3)4/h5-11H,1H2,2-4H3. The predicted octanol–water partition coefficient (Wildman–Crippen LogP) is 3.13. The Morgan fingerprint density at radius 2 is 1.70 bits per heavy atom. The molecule has 0 aliphatic rings. The molecular weight excluding hydrogens is 256 g/mol. The third-order valence-electron chi connectivity index (χ3n) is 2.08. The van der Waals surface area contributed by atoms with E-state index in [0.29, 0.717) is 5.75 Å². The minimum Gasteiger partial charge on any atom is -0.457 e. The Kier molecular flexibility index (Phi) is 5.26. The quantitative estimate of drug-likeness (QED) is 0.481. The van der Waals surface area contributed by atoms with Crippen molar-refractivity contribution in [2.45, 2.75) is 26.4 Å². The molecular formula is C16H18O4. The normalized spacial score (nSPS) is 11.2. The zero-order valence-corrected chi connectivity index (χ0v) is 11.9. The van der Waals surface area contributed by atoms with E-state index in [2.05, 4.69) is 6.58 Å². The average molecular weight is 274 g/mol. The van der Waals surface area contributed by atoms with Crippen LogP contribution in [0.3, 0.4) is 0 Å². The molecule has 0 aromatic heterocycles. The van der Waals surface area contributed by atoms with Gasteiger partial charge in [0.2, 0.25) is 0 Å². The van der Waals surface area contributed by atoms with Crippen molar-refractivity contribution < 1.29 is 19.1 Å². The predicted molar refractivity (Wildman–Crippen MR) is 77.2 cm³/mol. The average Bonchev–Trinajstić information content (AvgIpc) is 2.36. The molecule has 0 spiro atoms. The first-order chi connectivity index (χ1) is 9.30. The van der Waals surface area contributed by atoms with E-state index < -0.39 is 17.5 Å². The summed E-state index contributed by atoms with van der Waals surface area (Å²) in [6.45, 7) is 8.74. The molecule has 0 radical (unpaired) electrons. The molecule has 0 atom stereocenters. The summed E-state index contributed by atoms with van der Waals surface area (Å²) in [5.74, 6) is -0.494. The summed E-state index contributed by atoms with van der Waals surface area (Å²) in [5, 5.41) is 0. The summed E-state index contributed by atoms with van der Waals surface area (Å²) in [5.41, 5.74) is 0.290. The number of carbonyl (C=O) groups is 2. The highest BCUT2D eigenvalue weighted by molar-refractivity contribution is 5.87. The van der Waals surface area contributed by atoms with Crippen LogP contribution in [-0.2, 0) is 14.3 Å². The van der Waals surface area contributed by atoms with Crippen LogP contribution < -0.4 is 4.74 Å². The number of hydrogen-bond donors (Lipinski definition) is 0. The fraction of sp³-hybridized carbons (Fsp3) is 0.250. The molecule has 0 saturated carbocycles. The largest absolute Gasteiger partial charge is 0.457 e. The Morgan fingerprint density at radius 3 is 2.20 bits per heavy atom. The lowest BCUT2D eigenvalue weighted by Gasteiger charge is -2.17. The van der Waals surface area contributed by atoms with Crippen molar-refractivity contribution in [3.63, 3.8) is 0 Å². The van der Waals surface area contributed by atoms with Crippen molar-refractivity contribution in [1.29, 1.82) is 0 Å². The number of benzene rings is 1. The molecule has 106 valence electrons. The molecule has 4 heteroatoms. The first-order valence-corrected chi connectivity index (χ1v) is 6.15.